The van der Waals surface area contributed by atoms with Gasteiger partial charge in [0.15, 0.2) is 0 Å². The second-order valence-corrected chi connectivity index (χ2v) is 10.5. The minimum absolute atomic E-state index is 0.00284. The highest BCUT2D eigenvalue weighted by Gasteiger charge is 2.27. The second-order valence-electron chi connectivity index (χ2n) is 9.37. The molecule has 40 heavy (non-hydrogen) atoms. The summed E-state index contributed by atoms with van der Waals surface area (Å²) in [6.07, 6.45) is 1.82. The first-order valence-electron chi connectivity index (χ1n) is 12.3. The van der Waals surface area contributed by atoms with Gasteiger partial charge < -0.3 is 26.4 Å². The van der Waals surface area contributed by atoms with Gasteiger partial charge >= 0.3 is 5.97 Å². The molecule has 5 N–H and O–H groups in total. The zero-order chi connectivity index (χ0) is 28.6. The van der Waals surface area contributed by atoms with E-state index in [2.05, 4.69) is 20.6 Å². The molecule has 1 atom stereocenters. The number of amides is 2. The largest absolute Gasteiger partial charge is 0.477 e. The predicted octanol–water partition coefficient (Wildman–Crippen LogP) is 1.40. The van der Waals surface area contributed by atoms with Gasteiger partial charge in [0.25, 0.3) is 22.7 Å². The van der Waals surface area contributed by atoms with E-state index in [-0.39, 0.29) is 34.2 Å². The Labute approximate surface area is 231 Å². The van der Waals surface area contributed by atoms with Gasteiger partial charge in [0.2, 0.25) is 0 Å². The van der Waals surface area contributed by atoms with Crippen LogP contribution < -0.4 is 32.1 Å². The second kappa shape index (κ2) is 10.7. The number of hydrogen-bond donors (Lipinski definition) is 4. The van der Waals surface area contributed by atoms with E-state index in [0.29, 0.717) is 24.4 Å². The van der Waals surface area contributed by atoms with Crippen molar-refractivity contribution in [2.24, 2.45) is 0 Å². The van der Waals surface area contributed by atoms with Crippen molar-refractivity contribution in [1.82, 2.24) is 20.6 Å². The summed E-state index contributed by atoms with van der Waals surface area (Å²) in [5.41, 5.74) is 7.72. The fourth-order valence-corrected chi connectivity index (χ4v) is 5.39. The third-order valence-electron chi connectivity index (χ3n) is 6.72. The van der Waals surface area contributed by atoms with Gasteiger partial charge in [-0.1, -0.05) is 18.2 Å². The van der Waals surface area contributed by atoms with Crippen molar-refractivity contribution in [3.63, 3.8) is 0 Å². The maximum Gasteiger partial charge on any atom is 0.345 e. The Balaban J connectivity index is 1.21. The minimum atomic E-state index is -1.04. The lowest BCUT2D eigenvalue weighted by atomic mass is 9.96. The Hall–Kier alpha value is -4.91. The van der Waals surface area contributed by atoms with Crippen molar-refractivity contribution in [3.05, 3.63) is 101 Å². The highest BCUT2D eigenvalue weighted by atomic mass is 32.1. The predicted molar refractivity (Wildman–Crippen MR) is 147 cm³/mol. The molecule has 5 rings (SSSR count). The maximum absolute atomic E-state index is 12.8. The summed E-state index contributed by atoms with van der Waals surface area (Å²) in [5.74, 6) is -2.06. The van der Waals surface area contributed by atoms with Gasteiger partial charge in [-0.2, -0.15) is 0 Å². The van der Waals surface area contributed by atoms with E-state index in [9.17, 15) is 24.0 Å². The van der Waals surface area contributed by atoms with Gasteiger partial charge in [0, 0.05) is 30.6 Å². The Bertz CT molecular complexity index is 1720. The first-order chi connectivity index (χ1) is 19.1. The summed E-state index contributed by atoms with van der Waals surface area (Å²) in [6, 6.07) is 9.74. The lowest BCUT2D eigenvalue weighted by Gasteiger charge is -2.32. The molecule has 0 fully saturated rings. The van der Waals surface area contributed by atoms with Crippen LogP contribution in [0, 0.1) is 0 Å². The topological polar surface area (TPSA) is 185 Å². The number of aromatic nitrogens is 2. The van der Waals surface area contributed by atoms with E-state index < -0.39 is 34.7 Å². The van der Waals surface area contributed by atoms with Gasteiger partial charge in [-0.15, -0.1) is 11.3 Å². The molecule has 0 bridgehead atoms. The molecule has 204 valence electrons. The molecule has 2 amide bonds. The van der Waals surface area contributed by atoms with Crippen LogP contribution in [-0.2, 0) is 19.5 Å². The SMILES string of the molecule is C[C@H](NC(=O)c1cc(C(=O)NCc2ccc3c(c2)CN(c2c(N)c(=O)c2=O)CC3)ncn1)c1ccc(C(=O)O)s1. The molecule has 2 aromatic heterocycles. The van der Waals surface area contributed by atoms with E-state index in [1.807, 2.05) is 23.1 Å². The van der Waals surface area contributed by atoms with Crippen molar-refractivity contribution < 1.29 is 19.5 Å². The summed E-state index contributed by atoms with van der Waals surface area (Å²) >= 11 is 1.06. The molecular formula is C27H24N6O6S. The Kier molecular flexibility index (Phi) is 7.13. The molecule has 0 saturated carbocycles. The molecule has 0 aliphatic carbocycles. The maximum atomic E-state index is 12.8. The number of carboxylic acids is 1. The van der Waals surface area contributed by atoms with Crippen LogP contribution in [0.2, 0.25) is 0 Å². The van der Waals surface area contributed by atoms with E-state index in [4.69, 9.17) is 10.8 Å². The standard InChI is InChI=1S/C27H24N6O6S/c1-13(19-4-5-20(40-19)27(38)39)32-26(37)18-9-17(30-12-31-18)25(36)29-10-14-2-3-15-6-7-33(11-16(15)8-14)22-21(28)23(34)24(22)35/h2-5,8-9,12-13H,6-7,10-11,28H2,1H3,(H,29,36)(H,32,37)(H,38,39)/t13-/m0/s1. The summed E-state index contributed by atoms with van der Waals surface area (Å²) in [7, 11) is 0. The number of hydrogen-bond acceptors (Lipinski definition) is 10. The zero-order valence-electron chi connectivity index (χ0n) is 21.3. The van der Waals surface area contributed by atoms with Crippen molar-refractivity contribution in [2.45, 2.75) is 32.5 Å². The normalized spacial score (nSPS) is 13.5. The summed E-state index contributed by atoms with van der Waals surface area (Å²) in [5, 5.41) is 14.6. The van der Waals surface area contributed by atoms with Gasteiger partial charge in [0.1, 0.15) is 34.0 Å². The average molecular weight is 561 g/mol. The smallest absolute Gasteiger partial charge is 0.345 e. The van der Waals surface area contributed by atoms with Crippen LogP contribution in [0.25, 0.3) is 0 Å². The molecule has 1 aliphatic rings. The van der Waals surface area contributed by atoms with Crippen LogP contribution >= 0.6 is 11.3 Å². The Morgan fingerprint density at radius 2 is 1.80 bits per heavy atom. The molecular weight excluding hydrogens is 536 g/mol. The quantitative estimate of drug-likeness (QED) is 0.230. The van der Waals surface area contributed by atoms with E-state index in [0.717, 1.165) is 34.4 Å². The zero-order valence-corrected chi connectivity index (χ0v) is 22.1. The van der Waals surface area contributed by atoms with Crippen LogP contribution in [0.5, 0.6) is 0 Å². The van der Waals surface area contributed by atoms with Crippen LogP contribution in [0.15, 0.2) is 52.3 Å². The number of nitrogens with two attached hydrogens (primary N) is 1. The number of nitrogens with zero attached hydrogens (tertiary/aromatic N) is 3. The Morgan fingerprint density at radius 1 is 1.05 bits per heavy atom. The molecule has 0 saturated heterocycles. The molecule has 0 radical (unpaired) electrons. The molecule has 4 aromatic rings. The molecule has 3 heterocycles. The lowest BCUT2D eigenvalue weighted by molar-refractivity contribution is 0.0701. The number of carbonyl (C=O) groups excluding carboxylic acids is 2. The highest BCUT2D eigenvalue weighted by molar-refractivity contribution is 7.14. The molecule has 12 nitrogen and oxygen atoms in total. The van der Waals surface area contributed by atoms with Crippen LogP contribution in [0.1, 0.15) is 65.2 Å². The highest BCUT2D eigenvalue weighted by Crippen LogP contribution is 2.27. The fourth-order valence-electron chi connectivity index (χ4n) is 4.54. The van der Waals surface area contributed by atoms with Crippen LogP contribution in [-0.4, -0.2) is 39.4 Å². The molecule has 0 spiro atoms. The third kappa shape index (κ3) is 5.18. The number of rotatable bonds is 8. The lowest BCUT2D eigenvalue weighted by Crippen LogP contribution is -2.44. The van der Waals surface area contributed by atoms with E-state index in [1.165, 1.54) is 12.1 Å². The van der Waals surface area contributed by atoms with Gasteiger partial charge in [-0.25, -0.2) is 14.8 Å². The number of anilines is 2. The van der Waals surface area contributed by atoms with Crippen molar-refractivity contribution >= 4 is 40.5 Å². The number of nitrogen functional groups attached to an aromatic ring is 1. The number of carbonyl (C=O) groups is 3. The Morgan fingerprint density at radius 3 is 2.50 bits per heavy atom. The number of nitrogens with one attached hydrogen (secondary N) is 2. The van der Waals surface area contributed by atoms with Crippen LogP contribution in [0.3, 0.4) is 0 Å². The summed E-state index contributed by atoms with van der Waals surface area (Å²) in [4.78, 5) is 70.7. The number of fused-ring (bicyclic) bond motifs is 1. The number of thiophene rings is 1. The van der Waals surface area contributed by atoms with E-state index >= 15 is 0 Å². The first kappa shape index (κ1) is 26.7. The number of benzene rings is 1. The monoisotopic (exact) mass is 560 g/mol. The third-order valence-corrected chi connectivity index (χ3v) is 7.97. The average Bonchev–Trinajstić information content (AvgIpc) is 3.47. The molecule has 13 heteroatoms. The van der Waals surface area contributed by atoms with E-state index in [1.54, 1.807) is 13.0 Å². The molecule has 2 aromatic carbocycles. The van der Waals surface area contributed by atoms with Crippen molar-refractivity contribution in [1.29, 1.82) is 0 Å². The van der Waals surface area contributed by atoms with Gasteiger partial charge in [-0.3, -0.25) is 19.2 Å². The molecule has 0 unspecified atom stereocenters. The fraction of sp³-hybridized carbons (Fsp3) is 0.222. The number of aromatic carboxylic acids is 1. The number of carboxylic acid groups (broad SMARTS) is 1. The van der Waals surface area contributed by atoms with Crippen LogP contribution in [0.4, 0.5) is 11.4 Å². The summed E-state index contributed by atoms with van der Waals surface area (Å²) in [6.45, 7) is 2.92. The van der Waals surface area contributed by atoms with Gasteiger partial charge in [-0.05, 0) is 42.2 Å². The minimum Gasteiger partial charge on any atom is -0.477 e. The first-order valence-corrected chi connectivity index (χ1v) is 13.1. The van der Waals surface area contributed by atoms with Gasteiger partial charge in [0.05, 0.1) is 6.04 Å². The van der Waals surface area contributed by atoms with Crippen molar-refractivity contribution in [2.75, 3.05) is 17.2 Å². The summed E-state index contributed by atoms with van der Waals surface area (Å²) < 4.78 is 0. The molecule has 1 aliphatic heterocycles. The van der Waals surface area contributed by atoms with Crippen molar-refractivity contribution in [3.8, 4) is 0 Å².